The van der Waals surface area contributed by atoms with Gasteiger partial charge in [-0.05, 0) is 137 Å². The summed E-state index contributed by atoms with van der Waals surface area (Å²) < 4.78 is 26.6. The van der Waals surface area contributed by atoms with Gasteiger partial charge in [0.25, 0.3) is 0 Å². The van der Waals surface area contributed by atoms with Gasteiger partial charge in [-0.1, -0.05) is 38.1 Å². The molecule has 0 aliphatic carbocycles. The molecule has 0 atom stereocenters. The van der Waals surface area contributed by atoms with Gasteiger partial charge in [0, 0.05) is 71.0 Å². The van der Waals surface area contributed by atoms with Crippen molar-refractivity contribution < 1.29 is 13.6 Å². The second kappa shape index (κ2) is 23.7. The minimum absolute atomic E-state index is 0. The van der Waals surface area contributed by atoms with Gasteiger partial charge in [0.05, 0.1) is 23.5 Å². The SMILES string of the molecule is C.C.Cc1cc(-c2cnc(N)nc2-c2ccc(F)cc2)cc(Cl)n1.Cc1cc(-c2cnc(NC(=O)N3CCC(C#N)CC3)nc2-c2ccc(F)cc2)cc(Cl)n1.N#CC1CCNCC1. The Morgan fingerprint density at radius 1 is 0.703 bits per heavy atom. The fourth-order valence-electron chi connectivity index (χ4n) is 6.82. The average Bonchev–Trinajstić information content (AvgIpc) is 3.27. The molecule has 0 spiro atoms. The molecule has 0 saturated carbocycles. The Labute approximate surface area is 382 Å². The Morgan fingerprint density at radius 3 is 1.61 bits per heavy atom. The maximum Gasteiger partial charge on any atom is 0.324 e. The number of nitrogens with zero attached hydrogens (tertiary/aromatic N) is 9. The number of pyridine rings is 2. The highest BCUT2D eigenvalue weighted by Gasteiger charge is 2.24. The van der Waals surface area contributed by atoms with Crippen LogP contribution in [0.15, 0.2) is 85.2 Å². The topological polar surface area (TPSA) is 195 Å². The first kappa shape index (κ1) is 50.0. The van der Waals surface area contributed by atoms with Crippen LogP contribution in [0.3, 0.4) is 0 Å². The lowest BCUT2D eigenvalue weighted by molar-refractivity contribution is 0.192. The number of anilines is 2. The number of rotatable bonds is 5. The number of benzene rings is 2. The van der Waals surface area contributed by atoms with Gasteiger partial charge in [0.1, 0.15) is 21.9 Å². The van der Waals surface area contributed by atoms with Crippen molar-refractivity contribution in [1.29, 1.82) is 10.5 Å². The van der Waals surface area contributed by atoms with Crippen molar-refractivity contribution in [3.05, 3.63) is 119 Å². The summed E-state index contributed by atoms with van der Waals surface area (Å²) in [4.78, 5) is 39.9. The van der Waals surface area contributed by atoms with Crippen LogP contribution in [-0.2, 0) is 0 Å². The van der Waals surface area contributed by atoms with Crippen LogP contribution in [0, 0.1) is 60.0 Å². The molecule has 2 aromatic carbocycles. The van der Waals surface area contributed by atoms with Crippen LogP contribution in [0.1, 0.15) is 51.9 Å². The van der Waals surface area contributed by atoms with E-state index < -0.39 is 0 Å². The van der Waals surface area contributed by atoms with Crippen molar-refractivity contribution in [2.75, 3.05) is 37.2 Å². The van der Waals surface area contributed by atoms with Crippen LogP contribution in [0.5, 0.6) is 0 Å². The minimum atomic E-state index is -0.360. The summed E-state index contributed by atoms with van der Waals surface area (Å²) in [5.41, 5.74) is 12.8. The molecule has 6 heterocycles. The first-order valence-corrected chi connectivity index (χ1v) is 20.5. The van der Waals surface area contributed by atoms with E-state index in [2.05, 4.69) is 52.7 Å². The minimum Gasteiger partial charge on any atom is -0.368 e. The molecule has 4 N–H and O–H groups in total. The number of nitrogens with two attached hydrogens (primary N) is 1. The highest BCUT2D eigenvalue weighted by Crippen LogP contribution is 2.34. The van der Waals surface area contributed by atoms with E-state index in [1.165, 1.54) is 24.3 Å². The number of piperidine rings is 2. The second-order valence-electron chi connectivity index (χ2n) is 14.6. The zero-order valence-corrected chi connectivity index (χ0v) is 35.4. The summed E-state index contributed by atoms with van der Waals surface area (Å²) in [5.74, 6) is -0.0690. The fourth-order valence-corrected chi connectivity index (χ4v) is 7.32. The molecule has 0 bridgehead atoms. The molecule has 2 saturated heterocycles. The number of hydrogen-bond donors (Lipinski definition) is 3. The maximum absolute atomic E-state index is 13.5. The predicted octanol–water partition coefficient (Wildman–Crippen LogP) is 10.7. The Hall–Kier alpha value is -6.65. The maximum atomic E-state index is 13.5. The summed E-state index contributed by atoms with van der Waals surface area (Å²) in [5, 5.41) is 24.1. The quantitative estimate of drug-likeness (QED) is 0.139. The van der Waals surface area contributed by atoms with Gasteiger partial charge in [0.2, 0.25) is 11.9 Å². The molecule has 17 heteroatoms. The third-order valence-electron chi connectivity index (χ3n) is 10.0. The van der Waals surface area contributed by atoms with Gasteiger partial charge in [-0.15, -0.1) is 0 Å². The van der Waals surface area contributed by atoms with E-state index in [0.29, 0.717) is 64.7 Å². The summed E-state index contributed by atoms with van der Waals surface area (Å²) in [6.45, 7) is 6.74. The van der Waals surface area contributed by atoms with Gasteiger partial charge in [0.15, 0.2) is 0 Å². The van der Waals surface area contributed by atoms with E-state index in [9.17, 15) is 13.6 Å². The first-order valence-electron chi connectivity index (χ1n) is 19.8. The molecule has 13 nitrogen and oxygen atoms in total. The third-order valence-corrected chi connectivity index (χ3v) is 10.4. The van der Waals surface area contributed by atoms with Crippen LogP contribution < -0.4 is 16.4 Å². The van der Waals surface area contributed by atoms with Gasteiger partial charge < -0.3 is 16.0 Å². The third kappa shape index (κ3) is 13.7. The molecule has 332 valence electrons. The van der Waals surface area contributed by atoms with E-state index >= 15 is 0 Å². The largest absolute Gasteiger partial charge is 0.368 e. The van der Waals surface area contributed by atoms with E-state index in [-0.39, 0.29) is 50.3 Å². The standard InChI is InChI=1S/C23H20ClFN6O.C16H12ClFN4.C6H10N2.2CH4/c1-14-10-17(11-20(24)28-14)19-13-27-22(29-21(19)16-2-4-18(25)5-3-16)30-23(32)31-8-6-15(12-26)7-9-31;1-9-6-11(7-14(17)21-9)13-8-20-16(19)22-15(13)10-2-4-12(18)5-3-10;7-5-6-1-3-8-4-2-6;;/h2-5,10-11,13,15H,6-9H2,1H3,(H,27,29,30,32);2-8H,1H3,(H2,19,20,22);6,8H,1-4H2;2*1H4. The number of likely N-dealkylation sites (tertiary alicyclic amines) is 1. The van der Waals surface area contributed by atoms with Gasteiger partial charge in [-0.25, -0.2) is 43.5 Å². The van der Waals surface area contributed by atoms with Crippen molar-refractivity contribution in [2.24, 2.45) is 11.8 Å². The van der Waals surface area contributed by atoms with Crippen molar-refractivity contribution in [3.63, 3.8) is 0 Å². The summed E-state index contributed by atoms with van der Waals surface area (Å²) in [6.07, 6.45) is 6.60. The normalized spacial score (nSPS) is 13.5. The molecule has 2 aliphatic rings. The van der Waals surface area contributed by atoms with Crippen molar-refractivity contribution in [1.82, 2.24) is 40.1 Å². The van der Waals surface area contributed by atoms with Crippen LogP contribution in [0.25, 0.3) is 44.8 Å². The molecular formula is C47H50Cl2F2N12O. The Morgan fingerprint density at radius 2 is 1.16 bits per heavy atom. The molecular weight excluding hydrogens is 858 g/mol. The summed E-state index contributed by atoms with van der Waals surface area (Å²) in [7, 11) is 0. The van der Waals surface area contributed by atoms with Crippen molar-refractivity contribution >= 4 is 41.1 Å². The summed E-state index contributed by atoms with van der Waals surface area (Å²) in [6, 6.07) is 23.4. The number of nitrogen functional groups attached to an aromatic ring is 1. The molecule has 8 rings (SSSR count). The lowest BCUT2D eigenvalue weighted by Gasteiger charge is -2.28. The van der Waals surface area contributed by atoms with Crippen LogP contribution in [-0.4, -0.2) is 67.0 Å². The molecule has 2 amide bonds. The van der Waals surface area contributed by atoms with E-state index in [1.54, 1.807) is 53.7 Å². The molecule has 6 aromatic rings. The van der Waals surface area contributed by atoms with Gasteiger partial charge >= 0.3 is 6.03 Å². The number of carbonyl (C=O) groups is 1. The lowest BCUT2D eigenvalue weighted by Crippen LogP contribution is -2.41. The first-order chi connectivity index (χ1) is 29.9. The molecule has 64 heavy (non-hydrogen) atoms. The zero-order valence-electron chi connectivity index (χ0n) is 33.9. The Kier molecular flexibility index (Phi) is 18.5. The Bertz CT molecular complexity index is 2550. The smallest absolute Gasteiger partial charge is 0.324 e. The van der Waals surface area contributed by atoms with E-state index in [4.69, 9.17) is 39.5 Å². The molecule has 2 fully saturated rings. The number of carbonyl (C=O) groups excluding carboxylic acids is 1. The number of urea groups is 1. The highest BCUT2D eigenvalue weighted by atomic mass is 35.5. The molecule has 4 aromatic heterocycles. The monoisotopic (exact) mass is 906 g/mol. The van der Waals surface area contributed by atoms with Crippen LogP contribution in [0.4, 0.5) is 25.5 Å². The molecule has 2 aliphatic heterocycles. The van der Waals surface area contributed by atoms with Gasteiger partial charge in [-0.3, -0.25) is 5.32 Å². The number of nitrogens with one attached hydrogen (secondary N) is 2. The van der Waals surface area contributed by atoms with Crippen LogP contribution in [0.2, 0.25) is 10.3 Å². The van der Waals surface area contributed by atoms with Crippen molar-refractivity contribution in [3.8, 4) is 56.9 Å². The number of halogens is 4. The van der Waals surface area contributed by atoms with E-state index in [1.807, 2.05) is 26.0 Å². The van der Waals surface area contributed by atoms with Crippen LogP contribution >= 0.6 is 23.2 Å². The van der Waals surface area contributed by atoms with Gasteiger partial charge in [-0.2, -0.15) is 10.5 Å². The highest BCUT2D eigenvalue weighted by molar-refractivity contribution is 6.30. The average molecular weight is 908 g/mol. The fraction of sp³-hybridized carbons (Fsp3) is 0.298. The number of aryl methyl sites for hydroxylation is 2. The molecule has 0 unspecified atom stereocenters. The number of aromatic nitrogens is 6. The zero-order chi connectivity index (χ0) is 44.2. The predicted molar refractivity (Wildman–Crippen MR) is 249 cm³/mol. The second-order valence-corrected chi connectivity index (χ2v) is 15.3. The number of amides is 2. The Balaban J connectivity index is 0.000000242. The lowest BCUT2D eigenvalue weighted by atomic mass is 9.99. The number of hydrogen-bond acceptors (Lipinski definition) is 11. The summed E-state index contributed by atoms with van der Waals surface area (Å²) >= 11 is 12.2. The molecule has 0 radical (unpaired) electrons. The van der Waals surface area contributed by atoms with Crippen molar-refractivity contribution in [2.45, 2.75) is 54.4 Å². The van der Waals surface area contributed by atoms with E-state index in [0.717, 1.165) is 59.6 Å². The number of nitriles is 2.